The number of fused-ring (bicyclic) bond motifs is 1. The van der Waals surface area contributed by atoms with Crippen molar-refractivity contribution in [2.75, 3.05) is 18.0 Å². The Morgan fingerprint density at radius 2 is 2.06 bits per heavy atom. The molecular weight excluding hydrogens is 202 g/mol. The van der Waals surface area contributed by atoms with E-state index in [1.807, 2.05) is 0 Å². The van der Waals surface area contributed by atoms with E-state index >= 15 is 0 Å². The number of rotatable bonds is 4. The molecule has 5 nitrogen and oxygen atoms in total. The molecule has 0 saturated carbocycles. The molecule has 2 heterocycles. The minimum absolute atomic E-state index is 0.798. The fraction of sp³-hybridized carbons (Fsp3) is 0.364. The summed E-state index contributed by atoms with van der Waals surface area (Å²) in [6.07, 6.45) is 4.96. The summed E-state index contributed by atoms with van der Waals surface area (Å²) in [5.74, 6) is 0.885. The van der Waals surface area contributed by atoms with E-state index in [0.717, 1.165) is 30.1 Å². The van der Waals surface area contributed by atoms with Crippen LogP contribution in [0.2, 0.25) is 0 Å². The van der Waals surface area contributed by atoms with Gasteiger partial charge in [-0.3, -0.25) is 4.57 Å². The van der Waals surface area contributed by atoms with Gasteiger partial charge in [0.15, 0.2) is 17.0 Å². The van der Waals surface area contributed by atoms with Crippen LogP contribution in [0.4, 0.5) is 5.82 Å². The smallest absolute Gasteiger partial charge is 0.169 e. The van der Waals surface area contributed by atoms with Gasteiger partial charge < -0.3 is 4.90 Å². The molecule has 0 aliphatic heterocycles. The molecule has 2 aromatic rings. The maximum atomic E-state index is 4.33. The predicted octanol–water partition coefficient (Wildman–Crippen LogP) is 1.77. The van der Waals surface area contributed by atoms with Crippen LogP contribution >= 0.6 is 0 Å². The van der Waals surface area contributed by atoms with E-state index in [0.29, 0.717) is 0 Å². The van der Waals surface area contributed by atoms with E-state index in [1.165, 1.54) is 0 Å². The van der Waals surface area contributed by atoms with Crippen LogP contribution < -0.4 is 4.90 Å². The first-order valence-corrected chi connectivity index (χ1v) is 5.36. The molecule has 0 N–H and O–H groups in total. The molecule has 0 unspecified atom stereocenters. The lowest BCUT2D eigenvalue weighted by Gasteiger charge is -2.19. The van der Waals surface area contributed by atoms with Crippen LogP contribution in [0, 0.1) is 0 Å². The quantitative estimate of drug-likeness (QED) is 0.783. The first-order chi connectivity index (χ1) is 7.81. The number of anilines is 1. The normalized spacial score (nSPS) is 10.6. The summed E-state index contributed by atoms with van der Waals surface area (Å²) in [6.45, 7) is 9.73. The molecule has 0 saturated heterocycles. The van der Waals surface area contributed by atoms with E-state index < -0.39 is 0 Å². The molecule has 0 aliphatic rings. The Hall–Kier alpha value is -1.91. The Balaban J connectivity index is 2.62. The highest BCUT2D eigenvalue weighted by Gasteiger charge is 2.12. The molecule has 0 atom stereocenters. The monoisotopic (exact) mass is 217 g/mol. The van der Waals surface area contributed by atoms with Crippen molar-refractivity contribution in [2.45, 2.75) is 13.8 Å². The standard InChI is InChI=1S/C11H15N5/c1-4-15(5-2)10-9-11(13-7-12-10)16(6-3)8-14-9/h6-8H,3-5H2,1-2H3. The maximum Gasteiger partial charge on any atom is 0.169 e. The third-order valence-corrected chi connectivity index (χ3v) is 2.60. The molecule has 0 fully saturated rings. The second-order valence-corrected chi connectivity index (χ2v) is 3.38. The number of hydrogen-bond acceptors (Lipinski definition) is 4. The van der Waals surface area contributed by atoms with Gasteiger partial charge in [-0.1, -0.05) is 6.58 Å². The van der Waals surface area contributed by atoms with Crippen molar-refractivity contribution in [1.82, 2.24) is 19.5 Å². The minimum atomic E-state index is 0.798. The van der Waals surface area contributed by atoms with Gasteiger partial charge >= 0.3 is 0 Å². The first kappa shape index (κ1) is 10.6. The maximum absolute atomic E-state index is 4.33. The summed E-state index contributed by atoms with van der Waals surface area (Å²) in [6, 6.07) is 0. The Kier molecular flexibility index (Phi) is 2.85. The fourth-order valence-corrected chi connectivity index (χ4v) is 1.73. The average Bonchev–Trinajstić information content (AvgIpc) is 2.74. The van der Waals surface area contributed by atoms with E-state index in [9.17, 15) is 0 Å². The number of aromatic nitrogens is 4. The Morgan fingerprint density at radius 1 is 1.31 bits per heavy atom. The topological polar surface area (TPSA) is 46.8 Å². The second-order valence-electron chi connectivity index (χ2n) is 3.38. The van der Waals surface area contributed by atoms with Gasteiger partial charge in [-0.05, 0) is 13.8 Å². The van der Waals surface area contributed by atoms with Gasteiger partial charge in [-0.15, -0.1) is 0 Å². The van der Waals surface area contributed by atoms with Gasteiger partial charge in [-0.25, -0.2) is 15.0 Å². The highest BCUT2D eigenvalue weighted by Crippen LogP contribution is 2.20. The SMILES string of the molecule is C=Cn1cnc2c(N(CC)CC)ncnc21. The van der Waals surface area contributed by atoms with Gasteiger partial charge in [0.25, 0.3) is 0 Å². The molecule has 0 aromatic carbocycles. The summed E-state index contributed by atoms with van der Waals surface area (Å²) in [5, 5.41) is 0. The number of imidazole rings is 1. The Morgan fingerprint density at radius 3 is 2.69 bits per heavy atom. The molecule has 0 amide bonds. The molecule has 84 valence electrons. The minimum Gasteiger partial charge on any atom is -0.355 e. The third kappa shape index (κ3) is 1.54. The summed E-state index contributed by atoms with van der Waals surface area (Å²) in [7, 11) is 0. The predicted molar refractivity (Wildman–Crippen MR) is 65.3 cm³/mol. The summed E-state index contributed by atoms with van der Waals surface area (Å²) in [4.78, 5) is 15.0. The molecular formula is C11H15N5. The first-order valence-electron chi connectivity index (χ1n) is 5.36. The number of hydrogen-bond donors (Lipinski definition) is 0. The molecule has 0 radical (unpaired) electrons. The van der Waals surface area contributed by atoms with Crippen molar-refractivity contribution in [2.24, 2.45) is 0 Å². The highest BCUT2D eigenvalue weighted by molar-refractivity contribution is 5.84. The zero-order valence-corrected chi connectivity index (χ0v) is 9.59. The van der Waals surface area contributed by atoms with Gasteiger partial charge in [0.05, 0.1) is 0 Å². The van der Waals surface area contributed by atoms with Crippen LogP contribution in [-0.2, 0) is 0 Å². The van der Waals surface area contributed by atoms with Crippen LogP contribution in [0.3, 0.4) is 0 Å². The highest BCUT2D eigenvalue weighted by atomic mass is 15.2. The van der Waals surface area contributed by atoms with Crippen LogP contribution in [0.25, 0.3) is 17.4 Å². The molecule has 0 spiro atoms. The lowest BCUT2D eigenvalue weighted by atomic mass is 10.4. The lowest BCUT2D eigenvalue weighted by Crippen LogP contribution is -2.23. The van der Waals surface area contributed by atoms with Gasteiger partial charge in [-0.2, -0.15) is 0 Å². The lowest BCUT2D eigenvalue weighted by molar-refractivity contribution is 0.847. The summed E-state index contributed by atoms with van der Waals surface area (Å²) >= 11 is 0. The molecule has 5 heteroatoms. The third-order valence-electron chi connectivity index (χ3n) is 2.60. The van der Waals surface area contributed by atoms with Crippen LogP contribution in [0.15, 0.2) is 19.2 Å². The largest absolute Gasteiger partial charge is 0.355 e. The molecule has 2 aromatic heterocycles. The molecule has 2 rings (SSSR count). The second kappa shape index (κ2) is 4.30. The zero-order chi connectivity index (χ0) is 11.5. The summed E-state index contributed by atoms with van der Waals surface area (Å²) in [5.41, 5.74) is 1.62. The van der Waals surface area contributed by atoms with Crippen molar-refractivity contribution < 1.29 is 0 Å². The van der Waals surface area contributed by atoms with Crippen molar-refractivity contribution in [3.8, 4) is 0 Å². The van der Waals surface area contributed by atoms with Crippen molar-refractivity contribution in [3.63, 3.8) is 0 Å². The zero-order valence-electron chi connectivity index (χ0n) is 9.59. The van der Waals surface area contributed by atoms with Crippen LogP contribution in [-0.4, -0.2) is 32.6 Å². The van der Waals surface area contributed by atoms with E-state index in [1.54, 1.807) is 23.4 Å². The van der Waals surface area contributed by atoms with Crippen LogP contribution in [0.5, 0.6) is 0 Å². The van der Waals surface area contributed by atoms with E-state index in [2.05, 4.69) is 40.3 Å². The molecule has 0 bridgehead atoms. The van der Waals surface area contributed by atoms with Gasteiger partial charge in [0.1, 0.15) is 12.7 Å². The Labute approximate surface area is 94.5 Å². The summed E-state index contributed by atoms with van der Waals surface area (Å²) < 4.78 is 1.80. The fourth-order valence-electron chi connectivity index (χ4n) is 1.73. The van der Waals surface area contributed by atoms with Gasteiger partial charge in [0.2, 0.25) is 0 Å². The van der Waals surface area contributed by atoms with Gasteiger partial charge in [0, 0.05) is 19.3 Å². The van der Waals surface area contributed by atoms with Crippen LogP contribution in [0.1, 0.15) is 13.8 Å². The van der Waals surface area contributed by atoms with Crippen molar-refractivity contribution >= 4 is 23.2 Å². The Bertz CT molecular complexity index is 498. The van der Waals surface area contributed by atoms with Crippen molar-refractivity contribution in [1.29, 1.82) is 0 Å². The molecule has 16 heavy (non-hydrogen) atoms. The van der Waals surface area contributed by atoms with E-state index in [4.69, 9.17) is 0 Å². The van der Waals surface area contributed by atoms with E-state index in [-0.39, 0.29) is 0 Å². The number of nitrogens with zero attached hydrogens (tertiary/aromatic N) is 5. The average molecular weight is 217 g/mol. The molecule has 0 aliphatic carbocycles. The van der Waals surface area contributed by atoms with Crippen molar-refractivity contribution in [3.05, 3.63) is 19.2 Å².